The highest BCUT2D eigenvalue weighted by molar-refractivity contribution is 5.28. The Labute approximate surface area is 139 Å². The summed E-state index contributed by atoms with van der Waals surface area (Å²) in [6.07, 6.45) is 8.86. The number of rotatable bonds is 1. The van der Waals surface area contributed by atoms with Crippen LogP contribution in [-0.2, 0) is 0 Å². The van der Waals surface area contributed by atoms with E-state index < -0.39 is 0 Å². The number of hydrogen-bond donors (Lipinski definition) is 3. The highest BCUT2D eigenvalue weighted by Crippen LogP contribution is 2.66. The Hall–Kier alpha value is -0.380. The molecule has 0 unspecified atom stereocenters. The quantitative estimate of drug-likeness (QED) is 0.651. The highest BCUT2D eigenvalue weighted by atomic mass is 16.3. The van der Waals surface area contributed by atoms with Gasteiger partial charge in [0.05, 0.1) is 18.8 Å². The van der Waals surface area contributed by atoms with E-state index in [1.54, 1.807) is 0 Å². The minimum Gasteiger partial charge on any atom is -0.395 e. The van der Waals surface area contributed by atoms with Gasteiger partial charge >= 0.3 is 0 Å². The molecule has 23 heavy (non-hydrogen) atoms. The standard InChI is InChI=1S/C20H32O3/c1-12-9-14(22)10-13-3-4-15-16-5-6-18(23)19(16,2)8-7-17(15)20(12,13)11-21/h10,12,14-18,21-23H,3-9,11H2,1-2H3/t12-,14-,15-,16-,17-,18-,19-,20-/m0/s1. The molecule has 0 bridgehead atoms. The predicted molar refractivity (Wildman–Crippen MR) is 89.7 cm³/mol. The van der Waals surface area contributed by atoms with Crippen LogP contribution >= 0.6 is 0 Å². The van der Waals surface area contributed by atoms with Gasteiger partial charge in [0.2, 0.25) is 0 Å². The van der Waals surface area contributed by atoms with Gasteiger partial charge in [-0.1, -0.05) is 25.5 Å². The molecule has 0 amide bonds. The molecule has 4 aliphatic carbocycles. The van der Waals surface area contributed by atoms with Crippen LogP contribution in [0, 0.1) is 34.5 Å². The van der Waals surface area contributed by atoms with E-state index in [0.29, 0.717) is 23.7 Å². The Kier molecular flexibility index (Phi) is 3.72. The lowest BCUT2D eigenvalue weighted by atomic mass is 9.45. The monoisotopic (exact) mass is 320 g/mol. The number of aliphatic hydroxyl groups excluding tert-OH is 3. The summed E-state index contributed by atoms with van der Waals surface area (Å²) in [6.45, 7) is 4.75. The first-order valence-electron chi connectivity index (χ1n) is 9.61. The van der Waals surface area contributed by atoms with Gasteiger partial charge in [-0.15, -0.1) is 0 Å². The van der Waals surface area contributed by atoms with Crippen molar-refractivity contribution in [3.63, 3.8) is 0 Å². The first-order valence-corrected chi connectivity index (χ1v) is 9.61. The van der Waals surface area contributed by atoms with E-state index in [-0.39, 0.29) is 29.6 Å². The molecule has 3 saturated carbocycles. The zero-order valence-electron chi connectivity index (χ0n) is 14.5. The lowest BCUT2D eigenvalue weighted by Gasteiger charge is -2.60. The van der Waals surface area contributed by atoms with Crippen molar-refractivity contribution in [1.82, 2.24) is 0 Å². The Bertz CT molecular complexity index is 515. The van der Waals surface area contributed by atoms with Crippen molar-refractivity contribution in [2.45, 2.75) is 71.0 Å². The summed E-state index contributed by atoms with van der Waals surface area (Å²) in [4.78, 5) is 0. The molecule has 0 spiro atoms. The first-order chi connectivity index (χ1) is 10.9. The third kappa shape index (κ3) is 1.99. The Morgan fingerprint density at radius 1 is 1.13 bits per heavy atom. The molecule has 3 fully saturated rings. The lowest BCUT2D eigenvalue weighted by molar-refractivity contribution is -0.110. The number of hydrogen-bond acceptors (Lipinski definition) is 3. The fourth-order valence-corrected chi connectivity index (χ4v) is 7.26. The SMILES string of the molecule is C[C@H]1C[C@H](O)C=C2CC[C@H]3[C@@H]4CC[C@H](O)[C@@]4(C)CC[C@@H]3[C@]21CO. The van der Waals surface area contributed by atoms with E-state index in [1.165, 1.54) is 12.0 Å². The van der Waals surface area contributed by atoms with Crippen molar-refractivity contribution >= 4 is 0 Å². The molecule has 4 aliphatic rings. The molecular formula is C20H32O3. The van der Waals surface area contributed by atoms with Crippen LogP contribution in [0.25, 0.3) is 0 Å². The largest absolute Gasteiger partial charge is 0.395 e. The van der Waals surface area contributed by atoms with E-state index in [0.717, 1.165) is 38.5 Å². The van der Waals surface area contributed by atoms with Crippen molar-refractivity contribution in [3.8, 4) is 0 Å². The minimum atomic E-state index is -0.335. The maximum atomic E-state index is 10.5. The molecule has 0 aromatic carbocycles. The van der Waals surface area contributed by atoms with E-state index >= 15 is 0 Å². The summed E-state index contributed by atoms with van der Waals surface area (Å²) >= 11 is 0. The summed E-state index contributed by atoms with van der Waals surface area (Å²) < 4.78 is 0. The Balaban J connectivity index is 1.73. The van der Waals surface area contributed by atoms with Gasteiger partial charge in [-0.3, -0.25) is 0 Å². The molecule has 3 nitrogen and oxygen atoms in total. The van der Waals surface area contributed by atoms with Crippen molar-refractivity contribution in [1.29, 1.82) is 0 Å². The molecule has 3 N–H and O–H groups in total. The van der Waals surface area contributed by atoms with Gasteiger partial charge in [0.25, 0.3) is 0 Å². The van der Waals surface area contributed by atoms with Gasteiger partial charge in [0, 0.05) is 5.41 Å². The summed E-state index contributed by atoms with van der Waals surface area (Å²) in [6, 6.07) is 0. The molecular weight excluding hydrogens is 288 g/mol. The lowest BCUT2D eigenvalue weighted by Crippen LogP contribution is -2.56. The van der Waals surface area contributed by atoms with Crippen molar-refractivity contribution in [2.75, 3.05) is 6.61 Å². The number of aliphatic hydroxyl groups is 3. The smallest absolute Gasteiger partial charge is 0.0726 e. The van der Waals surface area contributed by atoms with Gasteiger partial charge in [-0.2, -0.15) is 0 Å². The maximum absolute atomic E-state index is 10.5. The Morgan fingerprint density at radius 3 is 2.65 bits per heavy atom. The molecule has 4 rings (SSSR count). The molecule has 0 saturated heterocycles. The van der Waals surface area contributed by atoms with E-state index in [2.05, 4.69) is 19.9 Å². The van der Waals surface area contributed by atoms with Crippen LogP contribution < -0.4 is 0 Å². The fraction of sp³-hybridized carbons (Fsp3) is 0.900. The summed E-state index contributed by atoms with van der Waals surface area (Å²) in [5.41, 5.74) is 1.31. The summed E-state index contributed by atoms with van der Waals surface area (Å²) in [5, 5.41) is 31.1. The Morgan fingerprint density at radius 2 is 1.91 bits per heavy atom. The summed E-state index contributed by atoms with van der Waals surface area (Å²) in [7, 11) is 0. The van der Waals surface area contributed by atoms with E-state index in [9.17, 15) is 15.3 Å². The molecule has 0 aromatic rings. The van der Waals surface area contributed by atoms with E-state index in [4.69, 9.17) is 0 Å². The zero-order valence-corrected chi connectivity index (χ0v) is 14.5. The molecule has 0 heterocycles. The van der Waals surface area contributed by atoms with Crippen LogP contribution in [0.2, 0.25) is 0 Å². The third-order valence-corrected chi connectivity index (χ3v) is 8.52. The van der Waals surface area contributed by atoms with Gasteiger partial charge in [-0.05, 0) is 74.0 Å². The zero-order chi connectivity index (χ0) is 16.4. The van der Waals surface area contributed by atoms with Crippen LogP contribution in [0.15, 0.2) is 11.6 Å². The molecule has 130 valence electrons. The second-order valence-electron chi connectivity index (χ2n) is 9.15. The van der Waals surface area contributed by atoms with Gasteiger partial charge < -0.3 is 15.3 Å². The second-order valence-corrected chi connectivity index (χ2v) is 9.15. The molecule has 0 radical (unpaired) electrons. The van der Waals surface area contributed by atoms with Gasteiger partial charge in [0.15, 0.2) is 0 Å². The predicted octanol–water partition coefficient (Wildman–Crippen LogP) is 2.89. The molecule has 8 atom stereocenters. The molecule has 0 aromatic heterocycles. The molecule has 3 heteroatoms. The fourth-order valence-electron chi connectivity index (χ4n) is 7.26. The first kappa shape index (κ1) is 16.1. The van der Waals surface area contributed by atoms with Crippen molar-refractivity contribution in [2.24, 2.45) is 34.5 Å². The van der Waals surface area contributed by atoms with Crippen LogP contribution in [0.1, 0.15) is 58.8 Å². The van der Waals surface area contributed by atoms with Crippen LogP contribution in [0.5, 0.6) is 0 Å². The van der Waals surface area contributed by atoms with Crippen LogP contribution in [0.4, 0.5) is 0 Å². The van der Waals surface area contributed by atoms with Crippen LogP contribution in [-0.4, -0.2) is 34.1 Å². The van der Waals surface area contributed by atoms with Gasteiger partial charge in [0.1, 0.15) is 0 Å². The maximum Gasteiger partial charge on any atom is 0.0726 e. The van der Waals surface area contributed by atoms with Gasteiger partial charge in [-0.25, -0.2) is 0 Å². The molecule has 0 aliphatic heterocycles. The second kappa shape index (κ2) is 5.31. The highest BCUT2D eigenvalue weighted by Gasteiger charge is 2.61. The average molecular weight is 320 g/mol. The van der Waals surface area contributed by atoms with Crippen LogP contribution in [0.3, 0.4) is 0 Å². The third-order valence-electron chi connectivity index (χ3n) is 8.52. The van der Waals surface area contributed by atoms with Crippen molar-refractivity contribution < 1.29 is 15.3 Å². The average Bonchev–Trinajstić information content (AvgIpc) is 2.82. The van der Waals surface area contributed by atoms with E-state index in [1.807, 2.05) is 0 Å². The number of fused-ring (bicyclic) bond motifs is 5. The summed E-state index contributed by atoms with van der Waals surface area (Å²) in [5.74, 6) is 2.11. The topological polar surface area (TPSA) is 60.7 Å². The normalized spacial score (nSPS) is 55.6. The minimum absolute atomic E-state index is 0.0937. The van der Waals surface area contributed by atoms with Crippen molar-refractivity contribution in [3.05, 3.63) is 11.6 Å².